The number of esters is 1. The molecule has 0 amide bonds. The lowest BCUT2D eigenvalue weighted by molar-refractivity contribution is -0.242. The van der Waals surface area contributed by atoms with Crippen LogP contribution in [-0.4, -0.2) is 49.6 Å². The molecule has 0 aromatic heterocycles. The summed E-state index contributed by atoms with van der Waals surface area (Å²) in [7, 11) is 0. The number of rotatable bonds is 0. The molecule has 0 N–H and O–H groups in total. The van der Waals surface area contributed by atoms with Crippen molar-refractivity contribution in [3.05, 3.63) is 0 Å². The standard InChI is InChI=1S/C15H22O6/c16-11-3-1-2-4-18-14(17)8-13-10-15(19-5-6-20-15)9-12(7-11)21-13/h12-13H,1-10H2/t12-,13+/m1/s1. The monoisotopic (exact) mass is 298 g/mol. The maximum atomic E-state index is 12.0. The molecule has 0 aromatic rings. The molecule has 0 saturated carbocycles. The second kappa shape index (κ2) is 6.42. The van der Waals surface area contributed by atoms with E-state index in [2.05, 4.69) is 0 Å². The fourth-order valence-electron chi connectivity index (χ4n) is 3.33. The molecule has 0 aromatic carbocycles. The molecule has 6 heteroatoms. The maximum absolute atomic E-state index is 12.0. The van der Waals surface area contributed by atoms with E-state index in [-0.39, 0.29) is 30.4 Å². The van der Waals surface area contributed by atoms with Gasteiger partial charge in [-0.2, -0.15) is 0 Å². The highest BCUT2D eigenvalue weighted by Gasteiger charge is 2.46. The van der Waals surface area contributed by atoms with Gasteiger partial charge in [-0.15, -0.1) is 0 Å². The van der Waals surface area contributed by atoms with Crippen LogP contribution >= 0.6 is 0 Å². The molecular weight excluding hydrogens is 276 g/mol. The number of fused-ring (bicyclic) bond motifs is 2. The second-order valence-corrected chi connectivity index (χ2v) is 6.02. The fraction of sp³-hybridized carbons (Fsp3) is 0.867. The van der Waals surface area contributed by atoms with Crippen molar-refractivity contribution >= 4 is 11.8 Å². The van der Waals surface area contributed by atoms with Crippen LogP contribution in [0.25, 0.3) is 0 Å². The van der Waals surface area contributed by atoms with Crippen molar-refractivity contribution in [3.8, 4) is 0 Å². The van der Waals surface area contributed by atoms with Crippen molar-refractivity contribution in [2.45, 2.75) is 62.9 Å². The Morgan fingerprint density at radius 3 is 2.38 bits per heavy atom. The number of cyclic esters (lactones) is 1. The summed E-state index contributed by atoms with van der Waals surface area (Å²) in [6, 6.07) is 0. The van der Waals surface area contributed by atoms with E-state index >= 15 is 0 Å². The predicted molar refractivity (Wildman–Crippen MR) is 71.6 cm³/mol. The van der Waals surface area contributed by atoms with Gasteiger partial charge in [0.05, 0.1) is 38.4 Å². The lowest BCUT2D eigenvalue weighted by Crippen LogP contribution is -2.47. The van der Waals surface area contributed by atoms with E-state index < -0.39 is 5.79 Å². The fourth-order valence-corrected chi connectivity index (χ4v) is 3.33. The number of carbonyl (C=O) groups excluding carboxylic acids is 2. The smallest absolute Gasteiger partial charge is 0.308 e. The molecule has 0 unspecified atom stereocenters. The van der Waals surface area contributed by atoms with Crippen LogP contribution in [0.15, 0.2) is 0 Å². The van der Waals surface area contributed by atoms with E-state index in [0.717, 1.165) is 12.8 Å². The van der Waals surface area contributed by atoms with E-state index in [1.165, 1.54) is 0 Å². The van der Waals surface area contributed by atoms with Crippen LogP contribution in [0.1, 0.15) is 44.9 Å². The van der Waals surface area contributed by atoms with E-state index in [1.807, 2.05) is 0 Å². The van der Waals surface area contributed by atoms with Gasteiger partial charge in [-0.05, 0) is 12.8 Å². The Morgan fingerprint density at radius 1 is 0.905 bits per heavy atom. The summed E-state index contributed by atoms with van der Waals surface area (Å²) in [4.78, 5) is 23.8. The Labute approximate surface area is 124 Å². The van der Waals surface area contributed by atoms with Crippen LogP contribution in [0.5, 0.6) is 0 Å². The Kier molecular flexibility index (Phi) is 4.57. The Morgan fingerprint density at radius 2 is 1.62 bits per heavy atom. The number of carbonyl (C=O) groups is 2. The third-order valence-electron chi connectivity index (χ3n) is 4.24. The molecule has 3 aliphatic rings. The van der Waals surface area contributed by atoms with Crippen LogP contribution in [0.4, 0.5) is 0 Å². The summed E-state index contributed by atoms with van der Waals surface area (Å²) >= 11 is 0. The first-order valence-corrected chi connectivity index (χ1v) is 7.76. The van der Waals surface area contributed by atoms with Gasteiger partial charge in [0.1, 0.15) is 5.78 Å². The van der Waals surface area contributed by atoms with Gasteiger partial charge in [0, 0.05) is 25.7 Å². The summed E-state index contributed by atoms with van der Waals surface area (Å²) in [5.41, 5.74) is 0. The lowest BCUT2D eigenvalue weighted by atomic mass is 9.92. The van der Waals surface area contributed by atoms with Crippen molar-refractivity contribution in [2.24, 2.45) is 0 Å². The molecule has 3 fully saturated rings. The molecule has 0 aliphatic carbocycles. The average Bonchev–Trinajstić information content (AvgIpc) is 2.84. The quantitative estimate of drug-likeness (QED) is 0.629. The van der Waals surface area contributed by atoms with Crippen molar-refractivity contribution in [3.63, 3.8) is 0 Å². The molecular formula is C15H22O6. The largest absolute Gasteiger partial charge is 0.466 e. The maximum Gasteiger partial charge on any atom is 0.308 e. The van der Waals surface area contributed by atoms with Crippen LogP contribution in [-0.2, 0) is 28.5 Å². The minimum absolute atomic E-state index is 0.194. The van der Waals surface area contributed by atoms with E-state index in [9.17, 15) is 9.59 Å². The highest BCUT2D eigenvalue weighted by molar-refractivity contribution is 5.78. The first-order valence-electron chi connectivity index (χ1n) is 7.76. The van der Waals surface area contributed by atoms with Gasteiger partial charge in [0.2, 0.25) is 0 Å². The molecule has 2 atom stereocenters. The molecule has 0 radical (unpaired) electrons. The van der Waals surface area contributed by atoms with Crippen molar-refractivity contribution in [1.82, 2.24) is 0 Å². The number of hydrogen-bond acceptors (Lipinski definition) is 6. The van der Waals surface area contributed by atoms with Crippen molar-refractivity contribution in [1.29, 1.82) is 0 Å². The van der Waals surface area contributed by atoms with E-state index in [1.54, 1.807) is 0 Å². The van der Waals surface area contributed by atoms with E-state index in [0.29, 0.717) is 45.5 Å². The van der Waals surface area contributed by atoms with Gasteiger partial charge in [0.25, 0.3) is 0 Å². The number of ether oxygens (including phenoxy) is 4. The summed E-state index contributed by atoms with van der Waals surface area (Å²) in [6.45, 7) is 1.48. The first kappa shape index (κ1) is 14.9. The second-order valence-electron chi connectivity index (χ2n) is 6.02. The lowest BCUT2D eigenvalue weighted by Gasteiger charge is -2.40. The minimum Gasteiger partial charge on any atom is -0.466 e. The molecule has 6 nitrogen and oxygen atoms in total. The van der Waals surface area contributed by atoms with Crippen molar-refractivity contribution in [2.75, 3.05) is 19.8 Å². The van der Waals surface area contributed by atoms with Crippen LogP contribution < -0.4 is 0 Å². The number of Topliss-reactive ketones (excluding diaryl/α,β-unsaturated/α-hetero) is 1. The zero-order valence-corrected chi connectivity index (χ0v) is 12.2. The zero-order valence-electron chi connectivity index (χ0n) is 12.2. The van der Waals surface area contributed by atoms with Crippen LogP contribution in [0.2, 0.25) is 0 Å². The molecule has 1 spiro atoms. The highest BCUT2D eigenvalue weighted by Crippen LogP contribution is 2.38. The normalized spacial score (nSPS) is 34.1. The summed E-state index contributed by atoms with van der Waals surface area (Å²) < 4.78 is 22.6. The molecule has 21 heavy (non-hydrogen) atoms. The third kappa shape index (κ3) is 3.81. The topological polar surface area (TPSA) is 71.1 Å². The molecule has 118 valence electrons. The zero-order chi connectivity index (χ0) is 14.7. The third-order valence-corrected chi connectivity index (χ3v) is 4.24. The molecule has 3 saturated heterocycles. The number of ketones is 1. The number of hydrogen-bond donors (Lipinski definition) is 0. The van der Waals surface area contributed by atoms with E-state index in [4.69, 9.17) is 18.9 Å². The van der Waals surface area contributed by atoms with Gasteiger partial charge < -0.3 is 18.9 Å². The molecule has 3 rings (SSSR count). The SMILES string of the molecule is O=C1CCCCOC(=O)C[C@H]2CC3(C[C@@H](C1)O2)OCCO3. The van der Waals surface area contributed by atoms with Crippen molar-refractivity contribution < 1.29 is 28.5 Å². The van der Waals surface area contributed by atoms with Crippen LogP contribution in [0.3, 0.4) is 0 Å². The summed E-state index contributed by atoms with van der Waals surface area (Å²) in [6.07, 6.45) is 3.11. The van der Waals surface area contributed by atoms with Crippen LogP contribution in [0, 0.1) is 0 Å². The first-order chi connectivity index (χ1) is 10.2. The molecule has 2 bridgehead atoms. The Bertz CT molecular complexity index is 371. The summed E-state index contributed by atoms with van der Waals surface area (Å²) in [5.74, 6) is -0.737. The Balaban J connectivity index is 1.72. The van der Waals surface area contributed by atoms with Gasteiger partial charge in [-0.3, -0.25) is 9.59 Å². The van der Waals surface area contributed by atoms with Gasteiger partial charge >= 0.3 is 5.97 Å². The predicted octanol–water partition coefficient (Wildman–Crippen LogP) is 1.35. The summed E-state index contributed by atoms with van der Waals surface area (Å²) in [5, 5.41) is 0. The molecule has 3 aliphatic heterocycles. The highest BCUT2D eigenvalue weighted by atomic mass is 16.7. The average molecular weight is 298 g/mol. The van der Waals surface area contributed by atoms with Gasteiger partial charge in [0.15, 0.2) is 5.79 Å². The molecule has 3 heterocycles. The van der Waals surface area contributed by atoms with Gasteiger partial charge in [-0.25, -0.2) is 0 Å². The van der Waals surface area contributed by atoms with Gasteiger partial charge in [-0.1, -0.05) is 0 Å². The minimum atomic E-state index is -0.682. The Hall–Kier alpha value is -0.980.